The Bertz CT molecular complexity index is 846. The molecule has 2 heterocycles. The zero-order valence-electron chi connectivity index (χ0n) is 13.2. The topological polar surface area (TPSA) is 77.2 Å². The number of hydrogen-bond acceptors (Lipinski definition) is 5. The van der Waals surface area contributed by atoms with E-state index in [1.165, 1.54) is 11.3 Å². The Morgan fingerprint density at radius 2 is 1.96 bits per heavy atom. The molecule has 2 aromatic heterocycles. The highest BCUT2D eigenvalue weighted by molar-refractivity contribution is 7.13. The summed E-state index contributed by atoms with van der Waals surface area (Å²) in [7, 11) is 0. The van der Waals surface area contributed by atoms with Gasteiger partial charge in [-0.2, -0.15) is 0 Å². The van der Waals surface area contributed by atoms with Gasteiger partial charge < -0.3 is 15.8 Å². The molecule has 0 unspecified atom stereocenters. The van der Waals surface area contributed by atoms with Crippen molar-refractivity contribution < 1.29 is 9.53 Å². The second kappa shape index (κ2) is 7.14. The van der Waals surface area contributed by atoms with Crippen LogP contribution in [-0.2, 0) is 6.54 Å². The maximum Gasteiger partial charge on any atom is 0.255 e. The van der Waals surface area contributed by atoms with Gasteiger partial charge in [0, 0.05) is 10.6 Å². The number of thiophene rings is 1. The van der Waals surface area contributed by atoms with E-state index in [4.69, 9.17) is 10.5 Å². The van der Waals surface area contributed by atoms with E-state index in [2.05, 4.69) is 10.3 Å². The highest BCUT2D eigenvalue weighted by Crippen LogP contribution is 2.29. The van der Waals surface area contributed by atoms with Crippen LogP contribution in [-0.4, -0.2) is 10.9 Å². The first kappa shape index (κ1) is 16.0. The fraction of sp³-hybridized carbons (Fsp3) is 0.111. The summed E-state index contributed by atoms with van der Waals surface area (Å²) in [5.41, 5.74) is 6.96. The molecule has 0 aliphatic carbocycles. The van der Waals surface area contributed by atoms with Gasteiger partial charge in [0.25, 0.3) is 5.91 Å². The van der Waals surface area contributed by atoms with E-state index in [1.54, 1.807) is 12.1 Å². The monoisotopic (exact) mass is 339 g/mol. The van der Waals surface area contributed by atoms with Gasteiger partial charge in [0.15, 0.2) is 5.06 Å². The maximum atomic E-state index is 12.2. The molecule has 0 fully saturated rings. The van der Waals surface area contributed by atoms with Crippen LogP contribution in [0.15, 0.2) is 54.6 Å². The summed E-state index contributed by atoms with van der Waals surface area (Å²) in [5, 5.41) is 3.63. The molecule has 122 valence electrons. The Labute approximate surface area is 144 Å². The first-order valence-corrected chi connectivity index (χ1v) is 8.26. The summed E-state index contributed by atoms with van der Waals surface area (Å²) < 4.78 is 5.76. The molecule has 0 saturated carbocycles. The summed E-state index contributed by atoms with van der Waals surface area (Å²) in [6.07, 6.45) is 0. The fourth-order valence-electron chi connectivity index (χ4n) is 2.14. The van der Waals surface area contributed by atoms with Crippen molar-refractivity contribution in [3.63, 3.8) is 0 Å². The molecule has 0 aliphatic heterocycles. The summed E-state index contributed by atoms with van der Waals surface area (Å²) >= 11 is 1.49. The molecule has 1 amide bonds. The smallest absolute Gasteiger partial charge is 0.255 e. The van der Waals surface area contributed by atoms with Crippen molar-refractivity contribution in [2.45, 2.75) is 13.5 Å². The van der Waals surface area contributed by atoms with Crippen molar-refractivity contribution in [1.29, 1.82) is 0 Å². The first-order chi connectivity index (χ1) is 11.6. The Hall–Kier alpha value is -2.86. The van der Waals surface area contributed by atoms with Crippen LogP contribution in [0.4, 0.5) is 5.82 Å². The van der Waals surface area contributed by atoms with E-state index in [1.807, 2.05) is 49.4 Å². The van der Waals surface area contributed by atoms with Crippen LogP contribution in [0, 0.1) is 6.92 Å². The van der Waals surface area contributed by atoms with Gasteiger partial charge in [-0.05, 0) is 43.3 Å². The lowest BCUT2D eigenvalue weighted by Crippen LogP contribution is -2.23. The standard InChI is InChI=1S/C18H17N3O2S/c1-12-7-9-15(17(19)21-12)18(22)20-11-14-8-10-16(24-14)23-13-5-3-2-4-6-13/h2-10H,11H2,1H3,(H2,19,21)(H,20,22). The number of nitrogens with two attached hydrogens (primary N) is 1. The molecule has 24 heavy (non-hydrogen) atoms. The summed E-state index contributed by atoms with van der Waals surface area (Å²) in [4.78, 5) is 17.3. The van der Waals surface area contributed by atoms with Gasteiger partial charge in [-0.1, -0.05) is 18.2 Å². The van der Waals surface area contributed by atoms with Gasteiger partial charge in [0.2, 0.25) is 0 Å². The number of anilines is 1. The van der Waals surface area contributed by atoms with Gasteiger partial charge in [-0.3, -0.25) is 4.79 Å². The number of amides is 1. The number of nitrogens with one attached hydrogen (secondary N) is 1. The molecule has 0 atom stereocenters. The van der Waals surface area contributed by atoms with Gasteiger partial charge in [-0.15, -0.1) is 11.3 Å². The number of nitrogens with zero attached hydrogens (tertiary/aromatic N) is 1. The average Bonchev–Trinajstić information content (AvgIpc) is 3.01. The van der Waals surface area contributed by atoms with Crippen molar-refractivity contribution >= 4 is 23.1 Å². The summed E-state index contributed by atoms with van der Waals surface area (Å²) in [6.45, 7) is 2.24. The van der Waals surface area contributed by atoms with E-state index in [-0.39, 0.29) is 11.7 Å². The first-order valence-electron chi connectivity index (χ1n) is 7.45. The second-order valence-electron chi connectivity index (χ2n) is 5.20. The molecular weight excluding hydrogens is 322 g/mol. The molecule has 0 radical (unpaired) electrons. The van der Waals surface area contributed by atoms with Crippen molar-refractivity contribution in [3.05, 3.63) is 70.7 Å². The molecule has 0 bridgehead atoms. The number of para-hydroxylation sites is 1. The van der Waals surface area contributed by atoms with Crippen molar-refractivity contribution in [2.75, 3.05) is 5.73 Å². The van der Waals surface area contributed by atoms with Crippen molar-refractivity contribution in [3.8, 4) is 10.8 Å². The van der Waals surface area contributed by atoms with Crippen LogP contribution in [0.5, 0.6) is 10.8 Å². The largest absolute Gasteiger partial charge is 0.447 e. The van der Waals surface area contributed by atoms with E-state index in [0.717, 1.165) is 21.4 Å². The third-order valence-electron chi connectivity index (χ3n) is 3.33. The Morgan fingerprint density at radius 1 is 1.17 bits per heavy atom. The van der Waals surface area contributed by atoms with Crippen LogP contribution in [0.25, 0.3) is 0 Å². The van der Waals surface area contributed by atoms with E-state index < -0.39 is 0 Å². The number of nitrogen functional groups attached to an aromatic ring is 1. The van der Waals surface area contributed by atoms with Gasteiger partial charge in [0.1, 0.15) is 11.6 Å². The number of aromatic nitrogens is 1. The number of aryl methyl sites for hydroxylation is 1. The van der Waals surface area contributed by atoms with Crippen LogP contribution < -0.4 is 15.8 Å². The quantitative estimate of drug-likeness (QED) is 0.742. The molecule has 1 aromatic carbocycles. The van der Waals surface area contributed by atoms with E-state index in [9.17, 15) is 4.79 Å². The Balaban J connectivity index is 1.60. The molecule has 6 heteroatoms. The van der Waals surface area contributed by atoms with Gasteiger partial charge >= 0.3 is 0 Å². The lowest BCUT2D eigenvalue weighted by molar-refractivity contribution is 0.0952. The van der Waals surface area contributed by atoms with Crippen LogP contribution >= 0.6 is 11.3 Å². The number of hydrogen-bond donors (Lipinski definition) is 2. The van der Waals surface area contributed by atoms with E-state index in [0.29, 0.717) is 12.1 Å². The number of rotatable bonds is 5. The van der Waals surface area contributed by atoms with Crippen LogP contribution in [0.2, 0.25) is 0 Å². The third-order valence-corrected chi connectivity index (χ3v) is 4.29. The lowest BCUT2D eigenvalue weighted by Gasteiger charge is -2.06. The maximum absolute atomic E-state index is 12.2. The molecule has 3 aromatic rings. The zero-order chi connectivity index (χ0) is 16.9. The predicted molar refractivity (Wildman–Crippen MR) is 95.4 cm³/mol. The predicted octanol–water partition coefficient (Wildman–Crippen LogP) is 3.76. The molecule has 5 nitrogen and oxygen atoms in total. The molecule has 0 saturated heterocycles. The summed E-state index contributed by atoms with van der Waals surface area (Å²) in [6, 6.07) is 16.8. The fourth-order valence-corrected chi connectivity index (χ4v) is 2.96. The molecule has 0 aliphatic rings. The molecule has 3 rings (SSSR count). The number of benzene rings is 1. The summed E-state index contributed by atoms with van der Waals surface area (Å²) in [5.74, 6) is 0.791. The van der Waals surface area contributed by atoms with Gasteiger partial charge in [0.05, 0.1) is 12.1 Å². The average molecular weight is 339 g/mol. The Kier molecular flexibility index (Phi) is 4.77. The number of carbonyl (C=O) groups excluding carboxylic acids is 1. The number of ether oxygens (including phenoxy) is 1. The van der Waals surface area contributed by atoms with Crippen molar-refractivity contribution in [1.82, 2.24) is 10.3 Å². The second-order valence-corrected chi connectivity index (χ2v) is 6.33. The minimum absolute atomic E-state index is 0.237. The highest BCUT2D eigenvalue weighted by Gasteiger charge is 2.11. The normalized spacial score (nSPS) is 10.4. The zero-order valence-corrected chi connectivity index (χ0v) is 14.0. The SMILES string of the molecule is Cc1ccc(C(=O)NCc2ccc(Oc3ccccc3)s2)c(N)n1. The van der Waals surface area contributed by atoms with Crippen molar-refractivity contribution in [2.24, 2.45) is 0 Å². The lowest BCUT2D eigenvalue weighted by atomic mass is 10.2. The minimum Gasteiger partial charge on any atom is -0.447 e. The third kappa shape index (κ3) is 3.91. The van der Waals surface area contributed by atoms with Crippen LogP contribution in [0.1, 0.15) is 20.9 Å². The Morgan fingerprint density at radius 3 is 2.71 bits per heavy atom. The van der Waals surface area contributed by atoms with E-state index >= 15 is 0 Å². The molecule has 3 N–H and O–H groups in total. The van der Waals surface area contributed by atoms with Gasteiger partial charge in [-0.25, -0.2) is 4.98 Å². The molecular formula is C18H17N3O2S. The highest BCUT2D eigenvalue weighted by atomic mass is 32.1. The molecule has 0 spiro atoms. The number of carbonyl (C=O) groups is 1. The van der Waals surface area contributed by atoms with Crippen LogP contribution in [0.3, 0.4) is 0 Å². The number of pyridine rings is 1. The minimum atomic E-state index is -0.237.